The molecule has 0 spiro atoms. The van der Waals surface area contributed by atoms with E-state index < -0.39 is 18.1 Å². The minimum absolute atomic E-state index is 0.258. The molecule has 1 aliphatic rings. The molecule has 0 unspecified atom stereocenters. The Balaban J connectivity index is 1.45. The van der Waals surface area contributed by atoms with E-state index >= 15 is 0 Å². The van der Waals surface area contributed by atoms with Crippen molar-refractivity contribution in [3.05, 3.63) is 114 Å². The summed E-state index contributed by atoms with van der Waals surface area (Å²) >= 11 is 0. The Bertz CT molecular complexity index is 1280. The molecule has 1 amide bonds. The molecule has 1 aromatic heterocycles. The lowest BCUT2D eigenvalue weighted by Gasteiger charge is -2.45. The average molecular weight is 453 g/mol. The fraction of sp³-hybridized carbons (Fsp3) is 0.143. The van der Waals surface area contributed by atoms with Crippen molar-refractivity contribution in [2.45, 2.75) is 18.7 Å². The highest BCUT2D eigenvalue weighted by Crippen LogP contribution is 2.43. The molecule has 1 saturated heterocycles. The number of esters is 1. The lowest BCUT2D eigenvalue weighted by Crippen LogP contribution is -2.59. The molecule has 6 nitrogen and oxygen atoms in total. The van der Waals surface area contributed by atoms with Crippen molar-refractivity contribution in [1.29, 1.82) is 0 Å². The smallest absolute Gasteiger partial charge is 0.339 e. The van der Waals surface area contributed by atoms with Gasteiger partial charge < -0.3 is 18.8 Å². The number of hydrogen-bond donors (Lipinski definition) is 0. The number of hydrogen-bond acceptors (Lipinski definition) is 5. The van der Waals surface area contributed by atoms with E-state index in [0.717, 1.165) is 16.7 Å². The van der Waals surface area contributed by atoms with E-state index in [1.54, 1.807) is 42.5 Å². The normalized spacial score (nSPS) is 17.2. The predicted octanol–water partition coefficient (Wildman–Crippen LogP) is 5.26. The Labute approximate surface area is 197 Å². The summed E-state index contributed by atoms with van der Waals surface area (Å²) in [6.07, 6.45) is 0.621. The van der Waals surface area contributed by atoms with Crippen LogP contribution in [0, 0.1) is 0 Å². The van der Waals surface area contributed by atoms with E-state index in [2.05, 4.69) is 0 Å². The predicted molar refractivity (Wildman–Crippen MR) is 126 cm³/mol. The van der Waals surface area contributed by atoms with Crippen LogP contribution in [0.2, 0.25) is 0 Å². The number of benzene rings is 3. The van der Waals surface area contributed by atoms with Crippen LogP contribution < -0.4 is 4.74 Å². The maximum absolute atomic E-state index is 13.2. The number of carbonyl (C=O) groups excluding carboxylic acids is 2. The lowest BCUT2D eigenvalue weighted by molar-refractivity contribution is -0.171. The van der Waals surface area contributed by atoms with E-state index in [1.165, 1.54) is 0 Å². The van der Waals surface area contributed by atoms with Crippen molar-refractivity contribution in [1.82, 2.24) is 4.90 Å². The third kappa shape index (κ3) is 4.06. The third-order valence-electron chi connectivity index (χ3n) is 5.95. The lowest BCUT2D eigenvalue weighted by atomic mass is 9.90. The van der Waals surface area contributed by atoms with E-state index in [9.17, 15) is 9.59 Å². The average Bonchev–Trinajstić information content (AvgIpc) is 3.37. The molecule has 0 N–H and O–H groups in total. The Kier molecular flexibility index (Phi) is 5.87. The number of nitrogens with zero attached hydrogens (tertiary/aromatic N) is 1. The van der Waals surface area contributed by atoms with Crippen molar-refractivity contribution in [2.24, 2.45) is 0 Å². The van der Waals surface area contributed by atoms with Gasteiger partial charge in [0.25, 0.3) is 5.91 Å². The summed E-state index contributed by atoms with van der Waals surface area (Å²) < 4.78 is 16.8. The van der Waals surface area contributed by atoms with Crippen molar-refractivity contribution < 1.29 is 23.5 Å². The third-order valence-corrected chi connectivity index (χ3v) is 5.95. The van der Waals surface area contributed by atoms with E-state index in [0.29, 0.717) is 23.6 Å². The van der Waals surface area contributed by atoms with Crippen molar-refractivity contribution >= 4 is 11.9 Å². The molecular formula is C28H23NO5. The van der Waals surface area contributed by atoms with Crippen molar-refractivity contribution in [3.8, 4) is 16.9 Å². The fourth-order valence-corrected chi connectivity index (χ4v) is 4.18. The van der Waals surface area contributed by atoms with Crippen LogP contribution in [0.15, 0.2) is 102 Å². The highest BCUT2D eigenvalue weighted by molar-refractivity contribution is 5.95. The molecule has 1 fully saturated rings. The zero-order valence-corrected chi connectivity index (χ0v) is 18.6. The first-order chi connectivity index (χ1) is 16.7. The molecule has 170 valence electrons. The van der Waals surface area contributed by atoms with E-state index in [1.807, 2.05) is 66.7 Å². The Hall–Kier alpha value is -4.32. The Morgan fingerprint density at radius 1 is 0.912 bits per heavy atom. The molecule has 2 heterocycles. The van der Waals surface area contributed by atoms with Crippen LogP contribution >= 0.6 is 0 Å². The van der Waals surface area contributed by atoms with Crippen LogP contribution in [-0.4, -0.2) is 30.0 Å². The highest BCUT2D eigenvalue weighted by Gasteiger charge is 2.53. The standard InChI is InChI=1S/C28H23NO5/c1-32-22-14-12-21(13-15-22)28(31)34-26-24(29(27(26)30)18-19-8-4-2-5-9-19)25-23(16-17-33-25)20-10-6-3-7-11-20/h2-17,24,26H,18H2,1H3/t24-,26+/m0/s1. The first-order valence-corrected chi connectivity index (χ1v) is 11.0. The van der Waals surface area contributed by atoms with Gasteiger partial charge in [0.15, 0.2) is 0 Å². The number of amides is 1. The number of ether oxygens (including phenoxy) is 2. The van der Waals surface area contributed by atoms with Gasteiger partial charge in [-0.15, -0.1) is 0 Å². The van der Waals surface area contributed by atoms with Crippen molar-refractivity contribution in [3.63, 3.8) is 0 Å². The minimum atomic E-state index is -0.980. The zero-order valence-electron chi connectivity index (χ0n) is 18.6. The van der Waals surface area contributed by atoms with Crippen LogP contribution in [0.5, 0.6) is 5.75 Å². The molecule has 34 heavy (non-hydrogen) atoms. The molecule has 6 heteroatoms. The van der Waals surface area contributed by atoms with Crippen LogP contribution in [0.3, 0.4) is 0 Å². The monoisotopic (exact) mass is 453 g/mol. The van der Waals surface area contributed by atoms with Gasteiger partial charge in [0.1, 0.15) is 17.6 Å². The van der Waals surface area contributed by atoms with Crippen molar-refractivity contribution in [2.75, 3.05) is 7.11 Å². The Morgan fingerprint density at radius 2 is 1.59 bits per heavy atom. The van der Waals surface area contributed by atoms with Crippen LogP contribution in [-0.2, 0) is 16.1 Å². The van der Waals surface area contributed by atoms with E-state index in [4.69, 9.17) is 13.9 Å². The molecule has 0 radical (unpaired) electrons. The molecule has 5 rings (SSSR count). The molecular weight excluding hydrogens is 430 g/mol. The van der Waals surface area contributed by atoms with Gasteiger partial charge in [-0.05, 0) is 41.5 Å². The van der Waals surface area contributed by atoms with Crippen LogP contribution in [0.4, 0.5) is 0 Å². The number of β-lactam (4-membered cyclic amide) rings is 1. The summed E-state index contributed by atoms with van der Waals surface area (Å²) in [6, 6.07) is 27.4. The first-order valence-electron chi connectivity index (χ1n) is 11.0. The molecule has 2 atom stereocenters. The molecule has 1 aliphatic heterocycles. The number of methoxy groups -OCH3 is 1. The summed E-state index contributed by atoms with van der Waals surface area (Å²) in [5, 5.41) is 0. The van der Waals surface area contributed by atoms with E-state index in [-0.39, 0.29) is 5.91 Å². The van der Waals surface area contributed by atoms with Crippen LogP contribution in [0.1, 0.15) is 27.7 Å². The van der Waals surface area contributed by atoms with Gasteiger partial charge in [0, 0.05) is 12.1 Å². The SMILES string of the molecule is COc1ccc(C(=O)O[C@H]2C(=O)N(Cc3ccccc3)[C@H]2c2occc2-c2ccccc2)cc1. The quantitative estimate of drug-likeness (QED) is 0.282. The largest absolute Gasteiger partial charge is 0.497 e. The zero-order chi connectivity index (χ0) is 23.5. The fourth-order valence-electron chi connectivity index (χ4n) is 4.18. The number of rotatable bonds is 7. The molecule has 4 aromatic rings. The second-order valence-corrected chi connectivity index (χ2v) is 8.02. The molecule has 0 bridgehead atoms. The van der Waals surface area contributed by atoms with Gasteiger partial charge in [0.2, 0.25) is 6.10 Å². The summed E-state index contributed by atoms with van der Waals surface area (Å²) in [5.41, 5.74) is 3.15. The second-order valence-electron chi connectivity index (χ2n) is 8.02. The van der Waals surface area contributed by atoms with Crippen LogP contribution in [0.25, 0.3) is 11.1 Å². The maximum Gasteiger partial charge on any atom is 0.339 e. The molecule has 0 saturated carbocycles. The number of carbonyl (C=O) groups is 2. The molecule has 3 aromatic carbocycles. The summed E-state index contributed by atoms with van der Waals surface area (Å²) in [7, 11) is 1.56. The van der Waals surface area contributed by atoms with Gasteiger partial charge in [0.05, 0.1) is 18.9 Å². The highest BCUT2D eigenvalue weighted by atomic mass is 16.6. The first kappa shape index (κ1) is 21.5. The summed E-state index contributed by atoms with van der Waals surface area (Å²) in [4.78, 5) is 27.7. The number of furan rings is 1. The number of likely N-dealkylation sites (tertiary alicyclic amines) is 1. The van der Waals surface area contributed by atoms with Gasteiger partial charge in [-0.3, -0.25) is 4.79 Å². The van der Waals surface area contributed by atoms with Gasteiger partial charge in [-0.1, -0.05) is 60.7 Å². The summed E-state index contributed by atoms with van der Waals surface area (Å²) in [5.74, 6) is 0.393. The minimum Gasteiger partial charge on any atom is -0.497 e. The molecule has 0 aliphatic carbocycles. The summed E-state index contributed by atoms with van der Waals surface area (Å²) in [6.45, 7) is 0.385. The van der Waals surface area contributed by atoms with Gasteiger partial charge in [-0.2, -0.15) is 0 Å². The van der Waals surface area contributed by atoms with Gasteiger partial charge in [-0.25, -0.2) is 4.79 Å². The second kappa shape index (κ2) is 9.27. The maximum atomic E-state index is 13.2. The Morgan fingerprint density at radius 3 is 2.26 bits per heavy atom. The topological polar surface area (TPSA) is 69.0 Å². The van der Waals surface area contributed by atoms with Gasteiger partial charge >= 0.3 is 5.97 Å².